The molecule has 2 unspecified atom stereocenters. The van der Waals surface area contributed by atoms with E-state index in [2.05, 4.69) is 0 Å². The standard InChI is InChI=1S/C21H25NO5/c1-25-15-8-6-14(7-9-15)20(22-12-4-5-18(22)21(23)24)17-13-16(26-2)10-11-19(17)27-3/h6-11,13,18,20H,4-5,12H2,1-3H3,(H,23,24). The first-order chi connectivity index (χ1) is 13.1. The number of carboxylic acid groups (broad SMARTS) is 1. The van der Waals surface area contributed by atoms with Crippen molar-refractivity contribution in [1.82, 2.24) is 4.90 Å². The summed E-state index contributed by atoms with van der Waals surface area (Å²) in [7, 11) is 4.86. The van der Waals surface area contributed by atoms with Crippen LogP contribution in [0.25, 0.3) is 0 Å². The molecule has 6 nitrogen and oxygen atoms in total. The van der Waals surface area contributed by atoms with Gasteiger partial charge in [-0.1, -0.05) is 12.1 Å². The van der Waals surface area contributed by atoms with Gasteiger partial charge in [0.1, 0.15) is 23.3 Å². The van der Waals surface area contributed by atoms with E-state index in [1.165, 1.54) is 0 Å². The summed E-state index contributed by atoms with van der Waals surface area (Å²) >= 11 is 0. The fourth-order valence-corrected chi connectivity index (χ4v) is 3.75. The molecule has 6 heteroatoms. The number of hydrogen-bond acceptors (Lipinski definition) is 5. The van der Waals surface area contributed by atoms with Crippen LogP contribution in [0.15, 0.2) is 42.5 Å². The molecule has 0 aromatic heterocycles. The molecule has 0 aliphatic carbocycles. The Kier molecular flexibility index (Phi) is 5.86. The zero-order valence-corrected chi connectivity index (χ0v) is 15.8. The third-order valence-electron chi connectivity index (χ3n) is 5.07. The number of rotatable bonds is 7. The van der Waals surface area contributed by atoms with Crippen molar-refractivity contribution >= 4 is 5.97 Å². The molecular weight excluding hydrogens is 346 g/mol. The number of aliphatic carboxylic acids is 1. The van der Waals surface area contributed by atoms with Crippen LogP contribution in [0, 0.1) is 0 Å². The van der Waals surface area contributed by atoms with E-state index >= 15 is 0 Å². The Balaban J connectivity index is 2.13. The monoisotopic (exact) mass is 371 g/mol. The molecule has 0 spiro atoms. The van der Waals surface area contributed by atoms with Crippen LogP contribution >= 0.6 is 0 Å². The normalized spacial score (nSPS) is 18.1. The molecule has 2 aromatic rings. The van der Waals surface area contributed by atoms with Crippen molar-refractivity contribution in [2.45, 2.75) is 24.9 Å². The predicted octanol–water partition coefficient (Wildman–Crippen LogP) is 3.35. The van der Waals surface area contributed by atoms with Crippen LogP contribution in [0.1, 0.15) is 30.0 Å². The van der Waals surface area contributed by atoms with Gasteiger partial charge in [-0.2, -0.15) is 0 Å². The number of methoxy groups -OCH3 is 3. The van der Waals surface area contributed by atoms with Gasteiger partial charge in [-0.15, -0.1) is 0 Å². The summed E-state index contributed by atoms with van der Waals surface area (Å²) < 4.78 is 16.3. The van der Waals surface area contributed by atoms with E-state index in [9.17, 15) is 9.90 Å². The first-order valence-electron chi connectivity index (χ1n) is 8.93. The number of benzene rings is 2. The third-order valence-corrected chi connectivity index (χ3v) is 5.07. The van der Waals surface area contributed by atoms with E-state index in [1.807, 2.05) is 47.4 Å². The molecule has 0 bridgehead atoms. The summed E-state index contributed by atoms with van der Waals surface area (Å²) in [5.41, 5.74) is 1.87. The molecule has 1 saturated heterocycles. The van der Waals surface area contributed by atoms with E-state index < -0.39 is 12.0 Å². The molecule has 27 heavy (non-hydrogen) atoms. The number of ether oxygens (including phenoxy) is 3. The quantitative estimate of drug-likeness (QED) is 0.805. The third kappa shape index (κ3) is 3.85. The summed E-state index contributed by atoms with van der Waals surface area (Å²) in [6.07, 6.45) is 1.48. The Bertz CT molecular complexity index is 790. The number of likely N-dealkylation sites (tertiary alicyclic amines) is 1. The molecule has 1 fully saturated rings. The molecule has 2 atom stereocenters. The second-order valence-electron chi connectivity index (χ2n) is 6.52. The van der Waals surface area contributed by atoms with Crippen LogP contribution in [-0.4, -0.2) is 49.9 Å². The zero-order chi connectivity index (χ0) is 19.4. The van der Waals surface area contributed by atoms with Crippen molar-refractivity contribution in [3.63, 3.8) is 0 Å². The van der Waals surface area contributed by atoms with Gasteiger partial charge in [0.2, 0.25) is 0 Å². The number of hydrogen-bond donors (Lipinski definition) is 1. The highest BCUT2D eigenvalue weighted by atomic mass is 16.5. The van der Waals surface area contributed by atoms with Gasteiger partial charge in [0, 0.05) is 12.1 Å². The molecule has 144 valence electrons. The van der Waals surface area contributed by atoms with Crippen molar-refractivity contribution in [1.29, 1.82) is 0 Å². The van der Waals surface area contributed by atoms with Crippen LogP contribution in [0.3, 0.4) is 0 Å². The predicted molar refractivity (Wildman–Crippen MR) is 102 cm³/mol. The fourth-order valence-electron chi connectivity index (χ4n) is 3.75. The van der Waals surface area contributed by atoms with Gasteiger partial charge in [0.25, 0.3) is 0 Å². The molecule has 1 aliphatic heterocycles. The summed E-state index contributed by atoms with van der Waals surface area (Å²) in [6.45, 7) is 0.702. The van der Waals surface area contributed by atoms with Crippen LogP contribution in [0.4, 0.5) is 0 Å². The van der Waals surface area contributed by atoms with E-state index in [4.69, 9.17) is 14.2 Å². The second kappa shape index (κ2) is 8.31. The zero-order valence-electron chi connectivity index (χ0n) is 15.8. The van der Waals surface area contributed by atoms with Crippen LogP contribution in [0.2, 0.25) is 0 Å². The van der Waals surface area contributed by atoms with Gasteiger partial charge < -0.3 is 19.3 Å². The van der Waals surface area contributed by atoms with Crippen molar-refractivity contribution in [2.24, 2.45) is 0 Å². The number of nitrogens with zero attached hydrogens (tertiary/aromatic N) is 1. The van der Waals surface area contributed by atoms with Crippen molar-refractivity contribution < 1.29 is 24.1 Å². The Morgan fingerprint density at radius 3 is 2.30 bits per heavy atom. The molecule has 0 amide bonds. The van der Waals surface area contributed by atoms with Crippen LogP contribution < -0.4 is 14.2 Å². The summed E-state index contributed by atoms with van der Waals surface area (Å²) in [5, 5.41) is 9.72. The van der Waals surface area contributed by atoms with E-state index in [-0.39, 0.29) is 6.04 Å². The smallest absolute Gasteiger partial charge is 0.320 e. The highest BCUT2D eigenvalue weighted by molar-refractivity contribution is 5.74. The molecular formula is C21H25NO5. The summed E-state index contributed by atoms with van der Waals surface area (Å²) in [6, 6.07) is 12.5. The summed E-state index contributed by atoms with van der Waals surface area (Å²) in [4.78, 5) is 13.9. The van der Waals surface area contributed by atoms with E-state index in [0.717, 1.165) is 23.3 Å². The Morgan fingerprint density at radius 2 is 1.70 bits per heavy atom. The Labute approximate surface area is 159 Å². The average molecular weight is 371 g/mol. The molecule has 3 rings (SSSR count). The number of carbonyl (C=O) groups is 1. The van der Waals surface area contributed by atoms with Crippen molar-refractivity contribution in [3.05, 3.63) is 53.6 Å². The van der Waals surface area contributed by atoms with Gasteiger partial charge in [-0.05, 0) is 48.7 Å². The van der Waals surface area contributed by atoms with Gasteiger partial charge in [0.15, 0.2) is 0 Å². The first-order valence-corrected chi connectivity index (χ1v) is 8.93. The van der Waals surface area contributed by atoms with E-state index in [0.29, 0.717) is 24.5 Å². The van der Waals surface area contributed by atoms with Gasteiger partial charge in [-0.3, -0.25) is 9.69 Å². The van der Waals surface area contributed by atoms with Crippen molar-refractivity contribution in [2.75, 3.05) is 27.9 Å². The molecule has 1 N–H and O–H groups in total. The summed E-state index contributed by atoms with van der Waals surface area (Å²) in [5.74, 6) is 1.36. The van der Waals surface area contributed by atoms with E-state index in [1.54, 1.807) is 21.3 Å². The Morgan fingerprint density at radius 1 is 1.04 bits per heavy atom. The Hall–Kier alpha value is -2.73. The lowest BCUT2D eigenvalue weighted by atomic mass is 9.95. The molecule has 1 heterocycles. The fraction of sp³-hybridized carbons (Fsp3) is 0.381. The second-order valence-corrected chi connectivity index (χ2v) is 6.52. The maximum Gasteiger partial charge on any atom is 0.320 e. The largest absolute Gasteiger partial charge is 0.497 e. The minimum atomic E-state index is -0.798. The molecule has 2 aromatic carbocycles. The highest BCUT2D eigenvalue weighted by Gasteiger charge is 2.38. The van der Waals surface area contributed by atoms with Gasteiger partial charge >= 0.3 is 5.97 Å². The maximum atomic E-state index is 11.8. The topological polar surface area (TPSA) is 68.2 Å². The lowest BCUT2D eigenvalue weighted by Gasteiger charge is -2.33. The maximum absolute atomic E-state index is 11.8. The molecule has 0 saturated carbocycles. The lowest BCUT2D eigenvalue weighted by molar-refractivity contribution is -0.142. The minimum Gasteiger partial charge on any atom is -0.497 e. The van der Waals surface area contributed by atoms with Gasteiger partial charge in [-0.25, -0.2) is 0 Å². The molecule has 0 radical (unpaired) electrons. The van der Waals surface area contributed by atoms with Crippen molar-refractivity contribution in [3.8, 4) is 17.2 Å². The van der Waals surface area contributed by atoms with Crippen LogP contribution in [-0.2, 0) is 4.79 Å². The SMILES string of the molecule is COc1ccc(C(c2cc(OC)ccc2OC)N2CCCC2C(=O)O)cc1. The minimum absolute atomic E-state index is 0.260. The highest BCUT2D eigenvalue weighted by Crippen LogP contribution is 2.40. The number of carboxylic acids is 1. The van der Waals surface area contributed by atoms with Crippen LogP contribution in [0.5, 0.6) is 17.2 Å². The lowest BCUT2D eigenvalue weighted by Crippen LogP contribution is -2.39. The molecule has 1 aliphatic rings. The first kappa shape index (κ1) is 19.0. The average Bonchev–Trinajstić information content (AvgIpc) is 3.18. The van der Waals surface area contributed by atoms with Gasteiger partial charge in [0.05, 0.1) is 27.4 Å².